The number of hydrogen-bond donors (Lipinski definition) is 1. The van der Waals surface area contributed by atoms with Gasteiger partial charge in [-0.3, -0.25) is 14.5 Å². The quantitative estimate of drug-likeness (QED) is 0.935. The Kier molecular flexibility index (Phi) is 4.52. The molecule has 0 bridgehead atoms. The van der Waals surface area contributed by atoms with Crippen LogP contribution in [-0.2, 0) is 7.05 Å². The maximum absolute atomic E-state index is 12.3. The predicted octanol–water partition coefficient (Wildman–Crippen LogP) is 2.18. The molecule has 0 aromatic carbocycles. The molecule has 0 atom stereocenters. The Morgan fingerprint density at radius 3 is 2.74 bits per heavy atom. The summed E-state index contributed by atoms with van der Waals surface area (Å²) < 4.78 is 1.71. The van der Waals surface area contributed by atoms with Crippen LogP contribution in [0.3, 0.4) is 0 Å². The highest BCUT2D eigenvalue weighted by atomic mass is 35.5. The van der Waals surface area contributed by atoms with Gasteiger partial charge in [0.1, 0.15) is 5.69 Å². The molecule has 1 saturated heterocycles. The zero-order valence-corrected chi connectivity index (χ0v) is 14.0. The van der Waals surface area contributed by atoms with Crippen molar-refractivity contribution in [1.29, 1.82) is 0 Å². The molecule has 0 unspecified atom stereocenters. The molecule has 1 aliphatic rings. The summed E-state index contributed by atoms with van der Waals surface area (Å²) in [6, 6.07) is 3.90. The summed E-state index contributed by atoms with van der Waals surface area (Å²) in [5.74, 6) is -0.103. The summed E-state index contributed by atoms with van der Waals surface area (Å²) in [5, 5.41) is 7.96. The van der Waals surface area contributed by atoms with Crippen LogP contribution in [0.15, 0.2) is 24.5 Å². The Morgan fingerprint density at radius 2 is 2.13 bits per heavy atom. The van der Waals surface area contributed by atoms with Gasteiger partial charge in [-0.05, 0) is 31.9 Å². The Bertz CT molecular complexity index is 687. The summed E-state index contributed by atoms with van der Waals surface area (Å²) in [5.41, 5.74) is 2.45. The lowest BCUT2D eigenvalue weighted by molar-refractivity contribution is 0.0925. The van der Waals surface area contributed by atoms with E-state index in [0.717, 1.165) is 37.3 Å². The Morgan fingerprint density at radius 1 is 1.39 bits per heavy atom. The third-order valence-electron chi connectivity index (χ3n) is 4.27. The number of anilines is 1. The van der Waals surface area contributed by atoms with Crippen molar-refractivity contribution in [2.24, 2.45) is 7.05 Å². The second kappa shape index (κ2) is 6.58. The smallest absolute Gasteiger partial charge is 0.272 e. The van der Waals surface area contributed by atoms with Gasteiger partial charge in [-0.15, -0.1) is 0 Å². The van der Waals surface area contributed by atoms with Crippen molar-refractivity contribution < 1.29 is 4.79 Å². The van der Waals surface area contributed by atoms with Crippen molar-refractivity contribution in [2.75, 3.05) is 18.0 Å². The first-order chi connectivity index (χ1) is 11.0. The molecule has 6 nitrogen and oxygen atoms in total. The van der Waals surface area contributed by atoms with Crippen LogP contribution >= 0.6 is 11.6 Å². The summed E-state index contributed by atoms with van der Waals surface area (Å²) in [7, 11) is 1.84. The first kappa shape index (κ1) is 15.8. The van der Waals surface area contributed by atoms with Crippen LogP contribution in [-0.4, -0.2) is 39.8 Å². The fourth-order valence-corrected chi connectivity index (χ4v) is 3.06. The second-order valence-electron chi connectivity index (χ2n) is 5.86. The summed E-state index contributed by atoms with van der Waals surface area (Å²) in [6.07, 6.45) is 5.18. The standard InChI is InChI=1S/C16H20ClN5O/c1-11-9-14(20-21(11)2)16(23)19-12-4-7-22(8-5-12)15-3-6-18-10-13(15)17/h3,6,9-10,12H,4-5,7-8H2,1-2H3,(H,19,23). The van der Waals surface area contributed by atoms with Crippen molar-refractivity contribution in [3.05, 3.63) is 40.9 Å². The summed E-state index contributed by atoms with van der Waals surface area (Å²) >= 11 is 6.19. The highest BCUT2D eigenvalue weighted by molar-refractivity contribution is 6.33. The molecular formula is C16H20ClN5O. The molecule has 0 saturated carbocycles. The molecule has 1 aliphatic heterocycles. The topological polar surface area (TPSA) is 63.1 Å². The van der Waals surface area contributed by atoms with E-state index in [4.69, 9.17) is 11.6 Å². The molecular weight excluding hydrogens is 314 g/mol. The van der Waals surface area contributed by atoms with Crippen LogP contribution in [0.1, 0.15) is 29.0 Å². The minimum Gasteiger partial charge on any atom is -0.370 e. The molecule has 2 aromatic rings. The molecule has 122 valence electrons. The molecule has 23 heavy (non-hydrogen) atoms. The van der Waals surface area contributed by atoms with Gasteiger partial charge in [-0.1, -0.05) is 11.6 Å². The van der Waals surface area contributed by atoms with Crippen LogP contribution in [0.25, 0.3) is 0 Å². The number of hydrogen-bond acceptors (Lipinski definition) is 4. The predicted molar refractivity (Wildman–Crippen MR) is 89.9 cm³/mol. The van der Waals surface area contributed by atoms with Crippen molar-refractivity contribution >= 4 is 23.2 Å². The maximum atomic E-state index is 12.3. The molecule has 3 rings (SSSR count). The van der Waals surface area contributed by atoms with E-state index < -0.39 is 0 Å². The van der Waals surface area contributed by atoms with Gasteiger partial charge in [0, 0.05) is 44.3 Å². The van der Waals surface area contributed by atoms with Crippen LogP contribution in [0.5, 0.6) is 0 Å². The van der Waals surface area contributed by atoms with E-state index in [2.05, 4.69) is 20.3 Å². The van der Waals surface area contributed by atoms with E-state index in [1.807, 2.05) is 20.0 Å². The van der Waals surface area contributed by atoms with Crippen molar-refractivity contribution in [3.8, 4) is 0 Å². The van der Waals surface area contributed by atoms with E-state index in [1.165, 1.54) is 0 Å². The van der Waals surface area contributed by atoms with Gasteiger partial charge < -0.3 is 10.2 Å². The summed E-state index contributed by atoms with van der Waals surface area (Å²) in [4.78, 5) is 18.5. The molecule has 0 radical (unpaired) electrons. The van der Waals surface area contributed by atoms with Gasteiger partial charge in [0.25, 0.3) is 5.91 Å². The number of halogens is 1. The molecule has 0 aliphatic carbocycles. The fraction of sp³-hybridized carbons (Fsp3) is 0.438. The maximum Gasteiger partial charge on any atom is 0.272 e. The van der Waals surface area contributed by atoms with Crippen LogP contribution < -0.4 is 10.2 Å². The Labute approximate surface area is 140 Å². The number of pyridine rings is 1. The largest absolute Gasteiger partial charge is 0.370 e. The molecule has 1 amide bonds. The third-order valence-corrected chi connectivity index (χ3v) is 4.56. The van der Waals surface area contributed by atoms with Crippen molar-refractivity contribution in [1.82, 2.24) is 20.1 Å². The third kappa shape index (κ3) is 3.47. The molecule has 2 aromatic heterocycles. The number of aromatic nitrogens is 3. The highest BCUT2D eigenvalue weighted by Gasteiger charge is 2.23. The average Bonchev–Trinajstić information content (AvgIpc) is 2.88. The molecule has 7 heteroatoms. The molecule has 1 fully saturated rings. The number of nitrogens with zero attached hydrogens (tertiary/aromatic N) is 4. The SMILES string of the molecule is Cc1cc(C(=O)NC2CCN(c3ccncc3Cl)CC2)nn1C. The van der Waals surface area contributed by atoms with Crippen LogP contribution in [0, 0.1) is 6.92 Å². The lowest BCUT2D eigenvalue weighted by Gasteiger charge is -2.34. The van der Waals surface area contributed by atoms with E-state index in [0.29, 0.717) is 10.7 Å². The van der Waals surface area contributed by atoms with Gasteiger partial charge in [0.15, 0.2) is 0 Å². The first-order valence-corrected chi connectivity index (χ1v) is 8.08. The Hall–Kier alpha value is -2.08. The monoisotopic (exact) mass is 333 g/mol. The van der Waals surface area contributed by atoms with Gasteiger partial charge in [0.05, 0.1) is 10.7 Å². The number of amides is 1. The number of rotatable bonds is 3. The number of nitrogens with one attached hydrogen (secondary N) is 1. The molecule has 0 spiro atoms. The zero-order chi connectivity index (χ0) is 16.4. The average molecular weight is 334 g/mol. The number of piperidine rings is 1. The summed E-state index contributed by atoms with van der Waals surface area (Å²) in [6.45, 7) is 3.65. The van der Waals surface area contributed by atoms with Gasteiger partial charge in [-0.2, -0.15) is 5.10 Å². The first-order valence-electron chi connectivity index (χ1n) is 7.70. The van der Waals surface area contributed by atoms with Crippen molar-refractivity contribution in [2.45, 2.75) is 25.8 Å². The Balaban J connectivity index is 1.57. The van der Waals surface area contributed by atoms with E-state index in [1.54, 1.807) is 23.1 Å². The van der Waals surface area contributed by atoms with Gasteiger partial charge in [0.2, 0.25) is 0 Å². The van der Waals surface area contributed by atoms with Crippen LogP contribution in [0.2, 0.25) is 5.02 Å². The van der Waals surface area contributed by atoms with E-state index >= 15 is 0 Å². The highest BCUT2D eigenvalue weighted by Crippen LogP contribution is 2.27. The van der Waals surface area contributed by atoms with Crippen LogP contribution in [0.4, 0.5) is 5.69 Å². The van der Waals surface area contributed by atoms with E-state index in [-0.39, 0.29) is 11.9 Å². The zero-order valence-electron chi connectivity index (χ0n) is 13.3. The van der Waals surface area contributed by atoms with Gasteiger partial charge in [-0.25, -0.2) is 0 Å². The fourth-order valence-electron chi connectivity index (χ4n) is 2.82. The lowest BCUT2D eigenvalue weighted by Crippen LogP contribution is -2.44. The lowest BCUT2D eigenvalue weighted by atomic mass is 10.0. The van der Waals surface area contributed by atoms with E-state index in [9.17, 15) is 4.79 Å². The minimum absolute atomic E-state index is 0.103. The number of carbonyl (C=O) groups excluding carboxylic acids is 1. The number of aryl methyl sites for hydroxylation is 2. The minimum atomic E-state index is -0.103. The number of carbonyl (C=O) groups is 1. The normalized spacial score (nSPS) is 15.7. The molecule has 3 heterocycles. The molecule has 1 N–H and O–H groups in total. The van der Waals surface area contributed by atoms with Gasteiger partial charge >= 0.3 is 0 Å². The van der Waals surface area contributed by atoms with Crippen molar-refractivity contribution in [3.63, 3.8) is 0 Å². The second-order valence-corrected chi connectivity index (χ2v) is 6.26.